The SMILES string of the molecule is CCOC(=O)CCCNC(=O)C1(N)CCOCC1. The monoisotopic (exact) mass is 258 g/mol. The molecule has 1 aliphatic heterocycles. The lowest BCUT2D eigenvalue weighted by atomic mass is 9.90. The van der Waals surface area contributed by atoms with Gasteiger partial charge >= 0.3 is 5.97 Å². The lowest BCUT2D eigenvalue weighted by Crippen LogP contribution is -2.57. The summed E-state index contributed by atoms with van der Waals surface area (Å²) >= 11 is 0. The predicted molar refractivity (Wildman–Crippen MR) is 65.8 cm³/mol. The van der Waals surface area contributed by atoms with Crippen molar-refractivity contribution in [2.75, 3.05) is 26.4 Å². The molecule has 0 aromatic heterocycles. The first-order valence-corrected chi connectivity index (χ1v) is 6.39. The average molecular weight is 258 g/mol. The van der Waals surface area contributed by atoms with Crippen molar-refractivity contribution in [1.29, 1.82) is 0 Å². The van der Waals surface area contributed by atoms with Gasteiger partial charge in [-0.25, -0.2) is 0 Å². The molecule has 6 heteroatoms. The molecule has 1 fully saturated rings. The van der Waals surface area contributed by atoms with Gasteiger partial charge in [-0.2, -0.15) is 0 Å². The van der Waals surface area contributed by atoms with Gasteiger partial charge in [0.1, 0.15) is 0 Å². The highest BCUT2D eigenvalue weighted by molar-refractivity contribution is 5.86. The van der Waals surface area contributed by atoms with E-state index in [0.29, 0.717) is 52.0 Å². The van der Waals surface area contributed by atoms with E-state index in [4.69, 9.17) is 15.2 Å². The molecule has 0 atom stereocenters. The second-order valence-electron chi connectivity index (χ2n) is 4.43. The van der Waals surface area contributed by atoms with Crippen molar-refractivity contribution < 1.29 is 19.1 Å². The standard InChI is InChI=1S/C12H22N2O4/c1-2-18-10(15)4-3-7-14-11(16)12(13)5-8-17-9-6-12/h2-9,13H2,1H3,(H,14,16). The number of rotatable bonds is 6. The number of carbonyl (C=O) groups excluding carboxylic acids is 2. The molecule has 0 saturated carbocycles. The first kappa shape index (κ1) is 14.9. The summed E-state index contributed by atoms with van der Waals surface area (Å²) in [5, 5.41) is 2.76. The topological polar surface area (TPSA) is 90.7 Å². The van der Waals surface area contributed by atoms with Crippen molar-refractivity contribution in [3.8, 4) is 0 Å². The van der Waals surface area contributed by atoms with Gasteiger partial charge in [0.25, 0.3) is 0 Å². The maximum absolute atomic E-state index is 11.9. The second-order valence-corrected chi connectivity index (χ2v) is 4.43. The molecular formula is C12H22N2O4. The smallest absolute Gasteiger partial charge is 0.305 e. The summed E-state index contributed by atoms with van der Waals surface area (Å²) < 4.78 is 9.97. The fraction of sp³-hybridized carbons (Fsp3) is 0.833. The van der Waals surface area contributed by atoms with Crippen LogP contribution in [-0.2, 0) is 19.1 Å². The van der Waals surface area contributed by atoms with E-state index in [-0.39, 0.29) is 11.9 Å². The maximum Gasteiger partial charge on any atom is 0.305 e. The first-order valence-electron chi connectivity index (χ1n) is 6.39. The highest BCUT2D eigenvalue weighted by Gasteiger charge is 2.35. The van der Waals surface area contributed by atoms with Crippen molar-refractivity contribution in [1.82, 2.24) is 5.32 Å². The quantitative estimate of drug-likeness (QED) is 0.515. The normalized spacial score (nSPS) is 18.1. The van der Waals surface area contributed by atoms with Crippen LogP contribution < -0.4 is 11.1 Å². The Labute approximate surface area is 107 Å². The van der Waals surface area contributed by atoms with Crippen molar-refractivity contribution in [2.45, 2.75) is 38.1 Å². The van der Waals surface area contributed by atoms with Crippen LogP contribution in [0.4, 0.5) is 0 Å². The summed E-state index contributed by atoms with van der Waals surface area (Å²) in [6.45, 7) is 3.64. The summed E-state index contributed by atoms with van der Waals surface area (Å²) in [5.74, 6) is -0.394. The number of carbonyl (C=O) groups is 2. The van der Waals surface area contributed by atoms with E-state index >= 15 is 0 Å². The number of hydrogen-bond donors (Lipinski definition) is 2. The first-order chi connectivity index (χ1) is 8.58. The summed E-state index contributed by atoms with van der Waals surface area (Å²) in [6.07, 6.45) is 1.96. The molecule has 0 aromatic rings. The van der Waals surface area contributed by atoms with Gasteiger partial charge in [-0.3, -0.25) is 9.59 Å². The average Bonchev–Trinajstić information content (AvgIpc) is 2.35. The lowest BCUT2D eigenvalue weighted by Gasteiger charge is -2.31. The Morgan fingerprint density at radius 2 is 2.06 bits per heavy atom. The summed E-state index contributed by atoms with van der Waals surface area (Å²) in [7, 11) is 0. The number of amides is 1. The van der Waals surface area contributed by atoms with Crippen LogP contribution in [0.15, 0.2) is 0 Å². The third-order valence-corrected chi connectivity index (χ3v) is 2.99. The zero-order chi connectivity index (χ0) is 13.4. The van der Waals surface area contributed by atoms with Crippen LogP contribution in [0.3, 0.4) is 0 Å². The number of hydrogen-bond acceptors (Lipinski definition) is 5. The Morgan fingerprint density at radius 1 is 1.39 bits per heavy atom. The van der Waals surface area contributed by atoms with E-state index in [0.717, 1.165) is 0 Å². The van der Waals surface area contributed by atoms with E-state index < -0.39 is 5.54 Å². The Morgan fingerprint density at radius 3 is 2.67 bits per heavy atom. The lowest BCUT2D eigenvalue weighted by molar-refractivity contribution is -0.143. The molecule has 1 saturated heterocycles. The highest BCUT2D eigenvalue weighted by atomic mass is 16.5. The Hall–Kier alpha value is -1.14. The van der Waals surface area contributed by atoms with Crippen LogP contribution in [0.2, 0.25) is 0 Å². The molecule has 1 heterocycles. The summed E-state index contributed by atoms with van der Waals surface area (Å²) in [5.41, 5.74) is 5.19. The minimum Gasteiger partial charge on any atom is -0.466 e. The fourth-order valence-corrected chi connectivity index (χ4v) is 1.81. The molecule has 0 unspecified atom stereocenters. The van der Waals surface area contributed by atoms with Gasteiger partial charge in [0, 0.05) is 26.2 Å². The molecule has 0 radical (unpaired) electrons. The highest BCUT2D eigenvalue weighted by Crippen LogP contribution is 2.17. The molecule has 6 nitrogen and oxygen atoms in total. The zero-order valence-electron chi connectivity index (χ0n) is 10.9. The molecule has 0 spiro atoms. The minimum atomic E-state index is -0.817. The van der Waals surface area contributed by atoms with Gasteiger partial charge in [-0.15, -0.1) is 0 Å². The predicted octanol–water partition coefficient (Wildman–Crippen LogP) is -0.0462. The molecule has 1 amide bonds. The Kier molecular flexibility index (Phi) is 6.07. The second kappa shape index (κ2) is 7.33. The molecule has 104 valence electrons. The largest absolute Gasteiger partial charge is 0.466 e. The van der Waals surface area contributed by atoms with Gasteiger partial charge in [-0.1, -0.05) is 0 Å². The maximum atomic E-state index is 11.9. The van der Waals surface area contributed by atoms with Gasteiger partial charge in [0.2, 0.25) is 5.91 Å². The molecular weight excluding hydrogens is 236 g/mol. The van der Waals surface area contributed by atoms with Crippen LogP contribution in [0.5, 0.6) is 0 Å². The van der Waals surface area contributed by atoms with Crippen molar-refractivity contribution in [3.05, 3.63) is 0 Å². The third-order valence-electron chi connectivity index (χ3n) is 2.99. The van der Waals surface area contributed by atoms with Crippen LogP contribution in [0.1, 0.15) is 32.6 Å². The Bertz CT molecular complexity index is 288. The molecule has 1 rings (SSSR count). The van der Waals surface area contributed by atoms with Crippen molar-refractivity contribution in [2.24, 2.45) is 5.73 Å². The van der Waals surface area contributed by atoms with E-state index in [9.17, 15) is 9.59 Å². The summed E-state index contributed by atoms with van der Waals surface area (Å²) in [6, 6.07) is 0. The van der Waals surface area contributed by atoms with E-state index in [1.165, 1.54) is 0 Å². The molecule has 0 aliphatic carbocycles. The van der Waals surface area contributed by atoms with Crippen LogP contribution in [-0.4, -0.2) is 43.8 Å². The fourth-order valence-electron chi connectivity index (χ4n) is 1.81. The molecule has 3 N–H and O–H groups in total. The van der Waals surface area contributed by atoms with E-state index in [1.54, 1.807) is 6.92 Å². The zero-order valence-corrected chi connectivity index (χ0v) is 10.9. The van der Waals surface area contributed by atoms with E-state index in [2.05, 4.69) is 5.32 Å². The third kappa shape index (κ3) is 4.62. The van der Waals surface area contributed by atoms with Crippen molar-refractivity contribution >= 4 is 11.9 Å². The van der Waals surface area contributed by atoms with Crippen LogP contribution >= 0.6 is 0 Å². The number of ether oxygens (including phenoxy) is 2. The van der Waals surface area contributed by atoms with Gasteiger partial charge in [-0.05, 0) is 26.2 Å². The number of esters is 1. The Balaban J connectivity index is 2.18. The molecule has 1 aliphatic rings. The molecule has 0 aromatic carbocycles. The van der Waals surface area contributed by atoms with Crippen LogP contribution in [0.25, 0.3) is 0 Å². The molecule has 18 heavy (non-hydrogen) atoms. The van der Waals surface area contributed by atoms with Crippen molar-refractivity contribution in [3.63, 3.8) is 0 Å². The number of nitrogens with one attached hydrogen (secondary N) is 1. The molecule has 0 bridgehead atoms. The number of nitrogens with two attached hydrogens (primary N) is 1. The van der Waals surface area contributed by atoms with Gasteiger partial charge in [0.15, 0.2) is 0 Å². The van der Waals surface area contributed by atoms with Gasteiger partial charge < -0.3 is 20.5 Å². The summed E-state index contributed by atoms with van der Waals surface area (Å²) in [4.78, 5) is 23.0. The minimum absolute atomic E-state index is 0.158. The van der Waals surface area contributed by atoms with Crippen LogP contribution in [0, 0.1) is 0 Å². The van der Waals surface area contributed by atoms with Gasteiger partial charge in [0.05, 0.1) is 12.1 Å². The van der Waals surface area contributed by atoms with E-state index in [1.807, 2.05) is 0 Å².